The van der Waals surface area contributed by atoms with Crippen molar-refractivity contribution in [1.29, 1.82) is 0 Å². The highest BCUT2D eigenvalue weighted by Gasteiger charge is 2.32. The van der Waals surface area contributed by atoms with E-state index in [0.717, 1.165) is 19.3 Å². The first-order valence-electron chi connectivity index (χ1n) is 5.03. The van der Waals surface area contributed by atoms with Gasteiger partial charge in [0.15, 0.2) is 0 Å². The van der Waals surface area contributed by atoms with Gasteiger partial charge >= 0.3 is 5.97 Å². The fraction of sp³-hybridized carbons (Fsp3) is 0.700. The molecule has 0 radical (unpaired) electrons. The van der Waals surface area contributed by atoms with Crippen molar-refractivity contribution in [2.75, 3.05) is 13.1 Å². The number of halogens is 2. The summed E-state index contributed by atoms with van der Waals surface area (Å²) in [5, 5.41) is 12.6. The maximum absolute atomic E-state index is 10.9. The summed E-state index contributed by atoms with van der Waals surface area (Å²) in [6.07, 6.45) is 2.77. The molecule has 0 aromatic carbocycles. The smallest absolute Gasteiger partial charge is 0.306 e. The Bertz CT molecular complexity index is 256. The third kappa shape index (κ3) is 4.01. The van der Waals surface area contributed by atoms with Crippen LogP contribution in [0.25, 0.3) is 0 Å². The molecule has 3 nitrogen and oxygen atoms in total. The Balaban J connectivity index is 2.29. The van der Waals surface area contributed by atoms with Gasteiger partial charge in [0, 0.05) is 17.1 Å². The summed E-state index contributed by atoms with van der Waals surface area (Å²) >= 11 is 11.1. The highest BCUT2D eigenvalue weighted by Crippen LogP contribution is 2.31. The molecule has 5 heteroatoms. The van der Waals surface area contributed by atoms with Gasteiger partial charge in [-0.15, -0.1) is 0 Å². The number of nitrogens with one attached hydrogen (secondary N) is 1. The van der Waals surface area contributed by atoms with Crippen LogP contribution in [0.3, 0.4) is 0 Å². The first-order chi connectivity index (χ1) is 7.15. The standard InChI is InChI=1S/C10H15Cl2NO2/c11-4-8(12)6-13-5-7-2-1-3-9(7)10(14)15/h4,7,9,13H,1-3,5-6H2,(H,14,15). The van der Waals surface area contributed by atoms with E-state index in [1.807, 2.05) is 0 Å². The van der Waals surface area contributed by atoms with E-state index in [1.54, 1.807) is 0 Å². The van der Waals surface area contributed by atoms with Crippen molar-refractivity contribution in [1.82, 2.24) is 5.32 Å². The zero-order valence-electron chi connectivity index (χ0n) is 8.38. The molecule has 0 saturated heterocycles. The van der Waals surface area contributed by atoms with E-state index in [1.165, 1.54) is 5.54 Å². The van der Waals surface area contributed by atoms with Gasteiger partial charge in [0.1, 0.15) is 0 Å². The fourth-order valence-corrected chi connectivity index (χ4v) is 2.19. The molecule has 1 rings (SSSR count). The van der Waals surface area contributed by atoms with Gasteiger partial charge < -0.3 is 10.4 Å². The van der Waals surface area contributed by atoms with Gasteiger partial charge in [0.2, 0.25) is 0 Å². The van der Waals surface area contributed by atoms with E-state index >= 15 is 0 Å². The average molecular weight is 252 g/mol. The molecule has 2 N–H and O–H groups in total. The van der Waals surface area contributed by atoms with Crippen LogP contribution in [0.5, 0.6) is 0 Å². The van der Waals surface area contributed by atoms with Gasteiger partial charge in [0.25, 0.3) is 0 Å². The summed E-state index contributed by atoms with van der Waals surface area (Å²) < 4.78 is 0. The molecule has 2 unspecified atom stereocenters. The van der Waals surface area contributed by atoms with Gasteiger partial charge in [0.05, 0.1) is 5.92 Å². The summed E-state index contributed by atoms with van der Waals surface area (Å²) in [7, 11) is 0. The first kappa shape index (κ1) is 12.8. The highest BCUT2D eigenvalue weighted by atomic mass is 35.5. The molecule has 0 aromatic rings. The monoisotopic (exact) mass is 251 g/mol. The molecule has 1 saturated carbocycles. The predicted molar refractivity (Wildman–Crippen MR) is 61.1 cm³/mol. The zero-order valence-corrected chi connectivity index (χ0v) is 9.89. The van der Waals surface area contributed by atoms with E-state index < -0.39 is 5.97 Å². The van der Waals surface area contributed by atoms with Crippen molar-refractivity contribution < 1.29 is 9.90 Å². The maximum Gasteiger partial charge on any atom is 0.306 e. The summed E-state index contributed by atoms with van der Waals surface area (Å²) in [5.74, 6) is -0.656. The van der Waals surface area contributed by atoms with Gasteiger partial charge in [-0.05, 0) is 25.3 Å². The Hall–Kier alpha value is -0.250. The molecule has 0 heterocycles. The average Bonchev–Trinajstić information content (AvgIpc) is 2.65. The molecule has 0 aromatic heterocycles. The molecule has 2 atom stereocenters. The molecular formula is C10H15Cl2NO2. The van der Waals surface area contributed by atoms with Gasteiger partial charge in [-0.25, -0.2) is 0 Å². The second kappa shape index (κ2) is 6.36. The molecule has 1 aliphatic carbocycles. The lowest BCUT2D eigenvalue weighted by molar-refractivity contribution is -0.142. The Labute approximate surface area is 99.4 Å². The lowest BCUT2D eigenvalue weighted by Gasteiger charge is -2.15. The molecule has 15 heavy (non-hydrogen) atoms. The van der Waals surface area contributed by atoms with Crippen LogP contribution in [0.1, 0.15) is 19.3 Å². The van der Waals surface area contributed by atoms with E-state index in [9.17, 15) is 4.79 Å². The Kier molecular flexibility index (Phi) is 5.43. The van der Waals surface area contributed by atoms with E-state index in [0.29, 0.717) is 18.1 Å². The predicted octanol–water partition coefficient (Wildman–Crippen LogP) is 2.40. The Morgan fingerprint density at radius 2 is 2.27 bits per heavy atom. The minimum atomic E-state index is -0.682. The quantitative estimate of drug-likeness (QED) is 0.789. The molecule has 0 bridgehead atoms. The summed E-state index contributed by atoms with van der Waals surface area (Å²) in [6, 6.07) is 0. The number of aliphatic carboxylic acids is 1. The van der Waals surface area contributed by atoms with Crippen LogP contribution in [0.4, 0.5) is 0 Å². The summed E-state index contributed by atoms with van der Waals surface area (Å²) in [5.41, 5.74) is 1.32. The summed E-state index contributed by atoms with van der Waals surface area (Å²) in [6.45, 7) is 1.20. The van der Waals surface area contributed by atoms with Crippen molar-refractivity contribution in [2.24, 2.45) is 11.8 Å². The van der Waals surface area contributed by atoms with Crippen LogP contribution in [0.15, 0.2) is 10.6 Å². The Morgan fingerprint density at radius 1 is 1.53 bits per heavy atom. The third-order valence-electron chi connectivity index (χ3n) is 2.80. The number of hydrogen-bond donors (Lipinski definition) is 2. The van der Waals surface area contributed by atoms with Crippen molar-refractivity contribution in [3.05, 3.63) is 10.6 Å². The molecule has 0 spiro atoms. The lowest BCUT2D eigenvalue weighted by Crippen LogP contribution is -2.29. The number of carboxylic acids is 1. The second-order valence-corrected chi connectivity index (χ2v) is 4.53. The molecule has 0 aliphatic heterocycles. The van der Waals surface area contributed by atoms with Crippen molar-refractivity contribution in [3.8, 4) is 0 Å². The maximum atomic E-state index is 10.9. The summed E-state index contributed by atoms with van der Waals surface area (Å²) in [4.78, 5) is 10.9. The molecule has 86 valence electrons. The van der Waals surface area contributed by atoms with Crippen molar-refractivity contribution >= 4 is 29.2 Å². The molecule has 0 amide bonds. The normalized spacial score (nSPS) is 26.9. The lowest BCUT2D eigenvalue weighted by atomic mass is 9.96. The van der Waals surface area contributed by atoms with Crippen LogP contribution >= 0.6 is 23.2 Å². The first-order valence-corrected chi connectivity index (χ1v) is 5.85. The van der Waals surface area contributed by atoms with Crippen LogP contribution in [-0.4, -0.2) is 24.2 Å². The fourth-order valence-electron chi connectivity index (χ4n) is 2.02. The minimum absolute atomic E-state index is 0.198. The Morgan fingerprint density at radius 3 is 2.87 bits per heavy atom. The van der Waals surface area contributed by atoms with Crippen molar-refractivity contribution in [2.45, 2.75) is 19.3 Å². The van der Waals surface area contributed by atoms with Gasteiger partial charge in [-0.3, -0.25) is 4.79 Å². The largest absolute Gasteiger partial charge is 0.481 e. The van der Waals surface area contributed by atoms with E-state index in [-0.39, 0.29) is 11.8 Å². The van der Waals surface area contributed by atoms with Crippen LogP contribution < -0.4 is 5.32 Å². The van der Waals surface area contributed by atoms with E-state index in [2.05, 4.69) is 5.32 Å². The molecule has 1 aliphatic rings. The number of rotatable bonds is 5. The molecular weight excluding hydrogens is 237 g/mol. The zero-order chi connectivity index (χ0) is 11.3. The highest BCUT2D eigenvalue weighted by molar-refractivity contribution is 6.36. The second-order valence-electron chi connectivity index (χ2n) is 3.82. The van der Waals surface area contributed by atoms with Crippen LogP contribution in [0.2, 0.25) is 0 Å². The number of carbonyl (C=O) groups is 1. The minimum Gasteiger partial charge on any atom is -0.481 e. The van der Waals surface area contributed by atoms with Crippen LogP contribution in [-0.2, 0) is 4.79 Å². The van der Waals surface area contributed by atoms with Gasteiger partial charge in [-0.2, -0.15) is 0 Å². The number of carboxylic acid groups (broad SMARTS) is 1. The van der Waals surface area contributed by atoms with E-state index in [4.69, 9.17) is 28.3 Å². The SMILES string of the molecule is O=C(O)C1CCCC1CNCC(Cl)=CCl. The number of hydrogen-bond acceptors (Lipinski definition) is 2. The third-order valence-corrected chi connectivity index (χ3v) is 3.41. The van der Waals surface area contributed by atoms with Gasteiger partial charge in [-0.1, -0.05) is 29.6 Å². The topological polar surface area (TPSA) is 49.3 Å². The van der Waals surface area contributed by atoms with Crippen LogP contribution in [0, 0.1) is 11.8 Å². The molecule has 1 fully saturated rings. The van der Waals surface area contributed by atoms with Crippen molar-refractivity contribution in [3.63, 3.8) is 0 Å².